The van der Waals surface area contributed by atoms with Crippen molar-refractivity contribution in [2.24, 2.45) is 5.73 Å². The summed E-state index contributed by atoms with van der Waals surface area (Å²) in [6.45, 7) is 0. The van der Waals surface area contributed by atoms with E-state index >= 15 is 0 Å². The van der Waals surface area contributed by atoms with Crippen LogP contribution in [-0.2, 0) is 0 Å². The van der Waals surface area contributed by atoms with E-state index in [4.69, 9.17) is 32.8 Å². The van der Waals surface area contributed by atoms with Crippen LogP contribution in [0.5, 0.6) is 5.75 Å². The van der Waals surface area contributed by atoms with E-state index in [9.17, 15) is 10.5 Å². The number of methoxy groups -OCH3 is 1. The third kappa shape index (κ3) is 4.31. The van der Waals surface area contributed by atoms with Crippen LogP contribution in [0, 0.1) is 22.7 Å². The molecule has 4 aromatic rings. The summed E-state index contributed by atoms with van der Waals surface area (Å²) in [6, 6.07) is 22.8. The number of nitrogen functional groups attached to an aromatic ring is 1. The van der Waals surface area contributed by atoms with Crippen LogP contribution < -0.4 is 21.5 Å². The molecule has 0 aliphatic carbocycles. The van der Waals surface area contributed by atoms with Crippen molar-refractivity contribution in [3.05, 3.63) is 99.6 Å². The summed E-state index contributed by atoms with van der Waals surface area (Å²) in [6.07, 6.45) is 1.72. The highest BCUT2D eigenvalue weighted by Crippen LogP contribution is 2.45. The topological polar surface area (TPSA) is 138 Å². The number of imidazole rings is 1. The van der Waals surface area contributed by atoms with E-state index in [0.717, 1.165) is 10.5 Å². The Morgan fingerprint density at radius 2 is 1.76 bits per heavy atom. The Labute approximate surface area is 222 Å². The van der Waals surface area contributed by atoms with Gasteiger partial charge in [0.2, 0.25) is 0 Å². The van der Waals surface area contributed by atoms with Gasteiger partial charge >= 0.3 is 0 Å². The smallest absolute Gasteiger partial charge is 0.137 e. The van der Waals surface area contributed by atoms with Crippen molar-refractivity contribution < 1.29 is 4.74 Å². The van der Waals surface area contributed by atoms with E-state index < -0.39 is 5.92 Å². The fourth-order valence-corrected chi connectivity index (χ4v) is 5.39. The first-order valence-corrected chi connectivity index (χ1v) is 12.3. The number of dihydropyridines is 1. The fraction of sp³-hybridized carbons (Fsp3) is 0.0741. The fourth-order valence-electron chi connectivity index (χ4n) is 4.24. The summed E-state index contributed by atoms with van der Waals surface area (Å²) < 4.78 is 7.11. The van der Waals surface area contributed by atoms with Crippen LogP contribution in [0.1, 0.15) is 11.6 Å². The summed E-state index contributed by atoms with van der Waals surface area (Å²) in [5, 5.41) is 24.6. The highest BCUT2D eigenvalue weighted by molar-refractivity contribution is 8.03. The van der Waals surface area contributed by atoms with Crippen LogP contribution >= 0.6 is 23.4 Å². The summed E-state index contributed by atoms with van der Waals surface area (Å²) in [5.41, 5.74) is 16.2. The third-order valence-corrected chi connectivity index (χ3v) is 7.33. The number of allylic oxidation sites excluding steroid dienone is 2. The van der Waals surface area contributed by atoms with Crippen molar-refractivity contribution >= 4 is 34.7 Å². The Kier molecular flexibility index (Phi) is 6.41. The predicted molar refractivity (Wildman–Crippen MR) is 144 cm³/mol. The minimum Gasteiger partial charge on any atom is -0.497 e. The summed E-state index contributed by atoms with van der Waals surface area (Å²) in [5.74, 6) is 0.0352. The van der Waals surface area contributed by atoms with Gasteiger partial charge in [-0.15, -0.1) is 0 Å². The van der Waals surface area contributed by atoms with Crippen molar-refractivity contribution in [3.8, 4) is 29.1 Å². The number of nitriles is 2. The molecular formula is C27H20ClN7OS. The molecule has 0 bridgehead atoms. The van der Waals surface area contributed by atoms with E-state index in [2.05, 4.69) is 17.5 Å². The van der Waals surface area contributed by atoms with E-state index in [1.807, 2.05) is 42.5 Å². The number of anilines is 1. The zero-order valence-corrected chi connectivity index (χ0v) is 21.1. The number of nitrogens with one attached hydrogen (secondary N) is 1. The minimum atomic E-state index is -0.811. The zero-order chi connectivity index (χ0) is 26.1. The largest absolute Gasteiger partial charge is 0.497 e. The van der Waals surface area contributed by atoms with Crippen LogP contribution in [-0.4, -0.2) is 16.5 Å². The lowest BCUT2D eigenvalue weighted by Gasteiger charge is -2.27. The van der Waals surface area contributed by atoms with Gasteiger partial charge in [-0.05, 0) is 48.5 Å². The van der Waals surface area contributed by atoms with Gasteiger partial charge in [0.15, 0.2) is 0 Å². The average molecular weight is 526 g/mol. The molecule has 0 spiro atoms. The molecule has 0 fully saturated rings. The highest BCUT2D eigenvalue weighted by atomic mass is 35.5. The molecule has 5 N–H and O–H groups in total. The number of thioether (sulfide) groups is 1. The molecule has 5 rings (SSSR count). The molecule has 1 aliphatic heterocycles. The molecular weight excluding hydrogens is 506 g/mol. The van der Waals surface area contributed by atoms with Crippen LogP contribution in [0.2, 0.25) is 5.02 Å². The molecule has 2 aromatic carbocycles. The van der Waals surface area contributed by atoms with Gasteiger partial charge < -0.3 is 25.9 Å². The Bertz CT molecular complexity index is 1680. The normalized spacial score (nSPS) is 15.3. The number of ether oxygens (including phenoxy) is 1. The maximum Gasteiger partial charge on any atom is 0.137 e. The molecule has 1 atom stereocenters. The van der Waals surface area contributed by atoms with Crippen LogP contribution in [0.3, 0.4) is 0 Å². The molecule has 0 radical (unpaired) electrons. The van der Waals surface area contributed by atoms with Gasteiger partial charge in [-0.1, -0.05) is 35.5 Å². The van der Waals surface area contributed by atoms with E-state index in [0.29, 0.717) is 44.1 Å². The molecule has 0 amide bonds. The lowest BCUT2D eigenvalue weighted by molar-refractivity contribution is 0.415. The Balaban J connectivity index is 1.79. The second-order valence-corrected chi connectivity index (χ2v) is 9.63. The third-order valence-electron chi connectivity index (χ3n) is 5.99. The number of fused-ring (bicyclic) bond motifs is 1. The van der Waals surface area contributed by atoms with Crippen LogP contribution in [0.25, 0.3) is 16.9 Å². The summed E-state index contributed by atoms with van der Waals surface area (Å²) in [7, 11) is 1.60. The molecule has 0 saturated carbocycles. The number of pyridine rings is 1. The van der Waals surface area contributed by atoms with Gasteiger partial charge in [-0.25, -0.2) is 4.98 Å². The lowest BCUT2D eigenvalue weighted by Crippen LogP contribution is -2.30. The van der Waals surface area contributed by atoms with Crippen molar-refractivity contribution in [2.75, 3.05) is 12.8 Å². The Hall–Kier alpha value is -4.57. The number of halogens is 1. The number of nitrogens with two attached hydrogens (primary N) is 2. The molecule has 1 unspecified atom stereocenters. The van der Waals surface area contributed by atoms with Gasteiger partial charge in [0.1, 0.15) is 17.2 Å². The SMILES string of the molecule is COc1ccc(-c2nc3ccc(Cl)cn3c2C2C(C#N)=C(N)NC(Sc3ccccc3N)=C2C#N)cc1. The first-order chi connectivity index (χ1) is 17.9. The molecule has 37 heavy (non-hydrogen) atoms. The number of hydrogen-bond acceptors (Lipinski definition) is 8. The van der Waals surface area contributed by atoms with Gasteiger partial charge in [-0.2, -0.15) is 10.5 Å². The minimum absolute atomic E-state index is 0.154. The maximum absolute atomic E-state index is 10.4. The zero-order valence-electron chi connectivity index (χ0n) is 19.6. The average Bonchev–Trinajstić information content (AvgIpc) is 3.28. The molecule has 2 aromatic heterocycles. The maximum atomic E-state index is 10.4. The van der Waals surface area contributed by atoms with Gasteiger partial charge in [-0.3, -0.25) is 0 Å². The van der Waals surface area contributed by atoms with Crippen LogP contribution in [0.15, 0.2) is 93.8 Å². The Morgan fingerprint density at radius 3 is 2.43 bits per heavy atom. The lowest BCUT2D eigenvalue weighted by atomic mass is 9.85. The van der Waals surface area contributed by atoms with Crippen molar-refractivity contribution in [1.29, 1.82) is 10.5 Å². The molecule has 0 saturated heterocycles. The van der Waals surface area contributed by atoms with Crippen molar-refractivity contribution in [3.63, 3.8) is 0 Å². The molecule has 3 heterocycles. The Morgan fingerprint density at radius 1 is 1.03 bits per heavy atom. The number of hydrogen-bond donors (Lipinski definition) is 3. The highest BCUT2D eigenvalue weighted by Gasteiger charge is 2.36. The van der Waals surface area contributed by atoms with Crippen molar-refractivity contribution in [2.45, 2.75) is 10.8 Å². The quantitative estimate of drug-likeness (QED) is 0.304. The van der Waals surface area contributed by atoms with Crippen molar-refractivity contribution in [1.82, 2.24) is 14.7 Å². The second-order valence-electron chi connectivity index (χ2n) is 8.14. The van der Waals surface area contributed by atoms with Gasteiger partial charge in [0, 0.05) is 22.3 Å². The molecule has 182 valence electrons. The van der Waals surface area contributed by atoms with Gasteiger partial charge in [0.25, 0.3) is 0 Å². The van der Waals surface area contributed by atoms with Crippen LogP contribution in [0.4, 0.5) is 5.69 Å². The molecule has 8 nitrogen and oxygen atoms in total. The molecule has 10 heteroatoms. The number of rotatable bonds is 5. The van der Waals surface area contributed by atoms with E-state index in [-0.39, 0.29) is 11.4 Å². The summed E-state index contributed by atoms with van der Waals surface area (Å²) in [4.78, 5) is 5.60. The summed E-state index contributed by atoms with van der Waals surface area (Å²) >= 11 is 7.65. The second kappa shape index (κ2) is 9.82. The van der Waals surface area contributed by atoms with E-state index in [1.165, 1.54) is 11.8 Å². The van der Waals surface area contributed by atoms with E-state index in [1.54, 1.807) is 35.9 Å². The molecule has 1 aliphatic rings. The van der Waals surface area contributed by atoms with Gasteiger partial charge in [0.05, 0.1) is 57.8 Å². The number of nitrogens with zero attached hydrogens (tertiary/aromatic N) is 4. The number of benzene rings is 2. The predicted octanol–water partition coefficient (Wildman–Crippen LogP) is 5.15. The first kappa shape index (κ1) is 24.1. The standard InChI is InChI=1S/C27H20ClN7OS/c1-36-17-9-6-15(7-10-17)24-25(35-14-16(28)8-11-22(35)33-24)23-18(12-29)26(32)34-27(19(23)13-30)37-21-5-3-2-4-20(21)31/h2-11,14,23,34H,31-32H2,1H3. The monoisotopic (exact) mass is 525 g/mol. The first-order valence-electron chi connectivity index (χ1n) is 11.1. The number of aromatic nitrogens is 2. The number of para-hydroxylation sites is 1.